The molecule has 0 unspecified atom stereocenters. The van der Waals surface area contributed by atoms with Gasteiger partial charge in [-0.05, 0) is 81.6 Å². The molecule has 3 aromatic carbocycles. The van der Waals surface area contributed by atoms with E-state index in [1.165, 1.54) is 43.8 Å². The minimum atomic E-state index is 0.521. The van der Waals surface area contributed by atoms with E-state index < -0.39 is 0 Å². The van der Waals surface area contributed by atoms with E-state index in [9.17, 15) is 0 Å². The summed E-state index contributed by atoms with van der Waals surface area (Å²) in [5, 5.41) is 5.16. The van der Waals surface area contributed by atoms with E-state index in [0.717, 1.165) is 18.5 Å². The number of rotatable bonds is 6. The minimum Gasteiger partial charge on any atom is -0.256 e. The molecular weight excluding hydrogens is 374 g/mol. The highest BCUT2D eigenvalue weighted by molar-refractivity contribution is 6.11. The zero-order valence-corrected chi connectivity index (χ0v) is 19.9. The molecule has 0 atom stereocenters. The summed E-state index contributed by atoms with van der Waals surface area (Å²) in [7, 11) is 0. The van der Waals surface area contributed by atoms with Gasteiger partial charge in [0, 0.05) is 17.1 Å². The van der Waals surface area contributed by atoms with Gasteiger partial charge in [0.25, 0.3) is 0 Å². The molecule has 0 bridgehead atoms. The van der Waals surface area contributed by atoms with E-state index in [1.54, 1.807) is 0 Å². The predicted molar refractivity (Wildman–Crippen MR) is 136 cm³/mol. The maximum atomic E-state index is 4.88. The number of aromatic nitrogens is 1. The van der Waals surface area contributed by atoms with Crippen molar-refractivity contribution in [3.05, 3.63) is 77.5 Å². The summed E-state index contributed by atoms with van der Waals surface area (Å²) in [4.78, 5) is 4.88. The van der Waals surface area contributed by atoms with Gasteiger partial charge in [0.2, 0.25) is 0 Å². The van der Waals surface area contributed by atoms with Gasteiger partial charge in [0.05, 0.1) is 5.69 Å². The zero-order chi connectivity index (χ0) is 22.1. The number of hydrogen-bond donors (Lipinski definition) is 0. The van der Waals surface area contributed by atoms with Crippen molar-refractivity contribution in [3.8, 4) is 11.3 Å². The number of hydrogen-bond acceptors (Lipinski definition) is 1. The molecule has 0 saturated carbocycles. The van der Waals surface area contributed by atoms with Gasteiger partial charge in [0.15, 0.2) is 0 Å². The first kappa shape index (κ1) is 21.6. The van der Waals surface area contributed by atoms with E-state index in [0.29, 0.717) is 17.8 Å². The Morgan fingerprint density at radius 1 is 0.645 bits per heavy atom. The van der Waals surface area contributed by atoms with Crippen LogP contribution in [0.4, 0.5) is 0 Å². The molecule has 0 spiro atoms. The first-order valence-electron chi connectivity index (χ1n) is 11.8. The number of benzene rings is 3. The molecule has 0 aliphatic rings. The third-order valence-electron chi connectivity index (χ3n) is 6.07. The Morgan fingerprint density at radius 2 is 1.29 bits per heavy atom. The van der Waals surface area contributed by atoms with Gasteiger partial charge in [-0.1, -0.05) is 77.9 Å². The largest absolute Gasteiger partial charge is 0.256 e. The fraction of sp³-hybridized carbons (Fsp3) is 0.367. The van der Waals surface area contributed by atoms with Crippen LogP contribution in [0.25, 0.3) is 32.8 Å². The number of fused-ring (bicyclic) bond motifs is 3. The second-order valence-corrected chi connectivity index (χ2v) is 10.2. The molecule has 4 rings (SSSR count). The van der Waals surface area contributed by atoms with Crippen LogP contribution in [0.2, 0.25) is 0 Å². The number of nitrogens with zero attached hydrogens (tertiary/aromatic N) is 1. The molecule has 1 aromatic heterocycles. The fourth-order valence-electron chi connectivity index (χ4n) is 4.67. The van der Waals surface area contributed by atoms with Crippen molar-refractivity contribution >= 4 is 21.5 Å². The summed E-state index contributed by atoms with van der Waals surface area (Å²) in [6.45, 7) is 13.7. The normalized spacial score (nSPS) is 12.0. The third kappa shape index (κ3) is 4.66. The third-order valence-corrected chi connectivity index (χ3v) is 6.07. The quantitative estimate of drug-likeness (QED) is 0.291. The molecule has 0 aliphatic carbocycles. The van der Waals surface area contributed by atoms with Crippen molar-refractivity contribution in [1.82, 2.24) is 4.98 Å². The van der Waals surface area contributed by atoms with Crippen molar-refractivity contribution in [2.24, 2.45) is 11.8 Å². The lowest BCUT2D eigenvalue weighted by molar-refractivity contribution is 0.636. The zero-order valence-electron chi connectivity index (χ0n) is 19.9. The summed E-state index contributed by atoms with van der Waals surface area (Å²) in [5.74, 6) is 1.80. The SMILES string of the molecule is CC(C)Cc1cc(CC(C)C)cc(-c2nccc3c2ccc2ccc(C(C)C)cc23)c1. The minimum absolute atomic E-state index is 0.521. The Hall–Kier alpha value is -2.67. The van der Waals surface area contributed by atoms with Crippen LogP contribution in [0.1, 0.15) is 64.2 Å². The summed E-state index contributed by atoms with van der Waals surface area (Å²) < 4.78 is 0. The molecule has 0 amide bonds. The van der Waals surface area contributed by atoms with Gasteiger partial charge >= 0.3 is 0 Å². The van der Waals surface area contributed by atoms with Crippen LogP contribution < -0.4 is 0 Å². The second kappa shape index (κ2) is 8.83. The van der Waals surface area contributed by atoms with Gasteiger partial charge in [0.1, 0.15) is 0 Å². The van der Waals surface area contributed by atoms with Crippen molar-refractivity contribution in [2.45, 2.75) is 60.3 Å². The van der Waals surface area contributed by atoms with Crippen molar-refractivity contribution in [1.29, 1.82) is 0 Å². The standard InChI is InChI=1S/C30H35N/c1-19(2)13-22-15-23(14-20(3)4)17-26(16-22)30-28-10-9-24-7-8-25(21(5)6)18-29(24)27(28)11-12-31-30/h7-12,15-21H,13-14H2,1-6H3. The molecule has 1 nitrogen and oxygen atoms in total. The van der Waals surface area contributed by atoms with Crippen molar-refractivity contribution in [2.75, 3.05) is 0 Å². The summed E-state index contributed by atoms with van der Waals surface area (Å²) in [5.41, 5.74) is 6.58. The van der Waals surface area contributed by atoms with E-state index >= 15 is 0 Å². The van der Waals surface area contributed by atoms with Gasteiger partial charge < -0.3 is 0 Å². The summed E-state index contributed by atoms with van der Waals surface area (Å²) in [6.07, 6.45) is 4.19. The van der Waals surface area contributed by atoms with Crippen LogP contribution in [-0.2, 0) is 12.8 Å². The van der Waals surface area contributed by atoms with Crippen LogP contribution in [0.3, 0.4) is 0 Å². The summed E-state index contributed by atoms with van der Waals surface area (Å²) >= 11 is 0. The molecule has 0 radical (unpaired) electrons. The molecule has 1 heterocycles. The molecule has 0 aliphatic heterocycles. The smallest absolute Gasteiger partial charge is 0.0780 e. The molecule has 1 heteroatoms. The van der Waals surface area contributed by atoms with Gasteiger partial charge in [-0.25, -0.2) is 0 Å². The van der Waals surface area contributed by atoms with Crippen LogP contribution in [0, 0.1) is 11.8 Å². The van der Waals surface area contributed by atoms with Gasteiger partial charge in [-0.2, -0.15) is 0 Å². The maximum absolute atomic E-state index is 4.88. The molecule has 160 valence electrons. The molecule has 31 heavy (non-hydrogen) atoms. The average molecular weight is 410 g/mol. The van der Waals surface area contributed by atoms with Crippen LogP contribution in [0.15, 0.2) is 60.8 Å². The Morgan fingerprint density at radius 3 is 1.90 bits per heavy atom. The predicted octanol–water partition coefficient (Wildman–Crippen LogP) is 8.58. The van der Waals surface area contributed by atoms with Gasteiger partial charge in [-0.15, -0.1) is 0 Å². The lowest BCUT2D eigenvalue weighted by Crippen LogP contribution is -2.00. The molecule has 4 aromatic rings. The molecule has 0 fully saturated rings. The first-order valence-corrected chi connectivity index (χ1v) is 11.8. The van der Waals surface area contributed by atoms with E-state index in [4.69, 9.17) is 4.98 Å². The average Bonchev–Trinajstić information content (AvgIpc) is 2.71. The Labute approximate surface area is 187 Å². The highest BCUT2D eigenvalue weighted by Gasteiger charge is 2.12. The van der Waals surface area contributed by atoms with E-state index in [-0.39, 0.29) is 0 Å². The van der Waals surface area contributed by atoms with Crippen LogP contribution in [-0.4, -0.2) is 4.98 Å². The molecule has 0 N–H and O–H groups in total. The topological polar surface area (TPSA) is 12.9 Å². The Balaban J connectivity index is 1.93. The lowest BCUT2D eigenvalue weighted by Gasteiger charge is -2.15. The number of pyridine rings is 1. The fourth-order valence-corrected chi connectivity index (χ4v) is 4.67. The van der Waals surface area contributed by atoms with Crippen LogP contribution >= 0.6 is 0 Å². The maximum Gasteiger partial charge on any atom is 0.0780 e. The van der Waals surface area contributed by atoms with E-state index in [2.05, 4.69) is 96.1 Å². The highest BCUT2D eigenvalue weighted by Crippen LogP contribution is 2.34. The first-order chi connectivity index (χ1) is 14.8. The second-order valence-electron chi connectivity index (χ2n) is 10.2. The Bertz CT molecular complexity index is 1190. The summed E-state index contributed by atoms with van der Waals surface area (Å²) in [6, 6.07) is 20.7. The molecular formula is C30H35N. The lowest BCUT2D eigenvalue weighted by atomic mass is 9.91. The molecule has 0 saturated heterocycles. The Kier molecular flexibility index (Phi) is 6.14. The van der Waals surface area contributed by atoms with Crippen molar-refractivity contribution in [3.63, 3.8) is 0 Å². The van der Waals surface area contributed by atoms with Crippen molar-refractivity contribution < 1.29 is 0 Å². The van der Waals surface area contributed by atoms with Gasteiger partial charge in [-0.3, -0.25) is 4.98 Å². The van der Waals surface area contributed by atoms with Crippen LogP contribution in [0.5, 0.6) is 0 Å². The highest BCUT2D eigenvalue weighted by atomic mass is 14.7. The monoisotopic (exact) mass is 409 g/mol. The van der Waals surface area contributed by atoms with E-state index in [1.807, 2.05) is 6.20 Å².